The topological polar surface area (TPSA) is 92.4 Å². The molecule has 0 aliphatic carbocycles. The number of nitrogens with two attached hydrogens (primary N) is 1. The molecule has 0 radical (unpaired) electrons. The van der Waals surface area contributed by atoms with Crippen LogP contribution in [0.3, 0.4) is 0 Å². The van der Waals surface area contributed by atoms with E-state index in [0.717, 1.165) is 12.5 Å². The summed E-state index contributed by atoms with van der Waals surface area (Å²) in [6.45, 7) is 1.74. The van der Waals surface area contributed by atoms with Gasteiger partial charge >= 0.3 is 0 Å². The first-order valence-electron chi connectivity index (χ1n) is 6.04. The highest BCUT2D eigenvalue weighted by molar-refractivity contribution is 7.89. The molecule has 0 heterocycles. The maximum atomic E-state index is 13.5. The van der Waals surface area contributed by atoms with Crippen LogP contribution in [0.4, 0.5) is 10.1 Å². The van der Waals surface area contributed by atoms with Crippen LogP contribution in [0.1, 0.15) is 24.8 Å². The Balaban J connectivity index is 2.78. The van der Waals surface area contributed by atoms with Crippen LogP contribution in [-0.2, 0) is 10.0 Å². The van der Waals surface area contributed by atoms with Crippen LogP contribution < -0.4 is 10.5 Å². The molecule has 7 heteroatoms. The van der Waals surface area contributed by atoms with Gasteiger partial charge in [0.15, 0.2) is 0 Å². The molecule has 0 saturated heterocycles. The molecule has 5 nitrogen and oxygen atoms in total. The second-order valence-electron chi connectivity index (χ2n) is 4.31. The van der Waals surface area contributed by atoms with Gasteiger partial charge in [-0.25, -0.2) is 17.5 Å². The molecule has 0 bridgehead atoms. The van der Waals surface area contributed by atoms with Crippen molar-refractivity contribution in [2.75, 3.05) is 18.9 Å². The van der Waals surface area contributed by atoms with Crippen LogP contribution in [0.5, 0.6) is 0 Å². The Morgan fingerprint density at radius 2 is 2.00 bits per heavy atom. The second-order valence-corrected chi connectivity index (χ2v) is 6.04. The molecule has 4 N–H and O–H groups in total. The molecule has 0 saturated carbocycles. The number of rotatable bonds is 7. The van der Waals surface area contributed by atoms with Crippen molar-refractivity contribution in [3.8, 4) is 0 Å². The van der Waals surface area contributed by atoms with Crippen LogP contribution in [-0.4, -0.2) is 26.7 Å². The summed E-state index contributed by atoms with van der Waals surface area (Å²) in [6, 6.07) is 2.34. The lowest BCUT2D eigenvalue weighted by Gasteiger charge is -2.10. The van der Waals surface area contributed by atoms with Crippen LogP contribution in [0.2, 0.25) is 0 Å². The maximum Gasteiger partial charge on any atom is 0.241 e. The largest absolute Gasteiger partial charge is 0.399 e. The van der Waals surface area contributed by atoms with Gasteiger partial charge < -0.3 is 10.8 Å². The average Bonchev–Trinajstić information content (AvgIpc) is 2.33. The summed E-state index contributed by atoms with van der Waals surface area (Å²) >= 11 is 0. The number of hydrogen-bond donors (Lipinski definition) is 3. The SMILES string of the molecule is Cc1c(F)cc(N)cc1S(=O)(=O)NCCCCCO. The highest BCUT2D eigenvalue weighted by atomic mass is 32.2. The Morgan fingerprint density at radius 1 is 1.32 bits per heavy atom. The number of nitrogen functional groups attached to an aromatic ring is 1. The number of aliphatic hydroxyl groups excluding tert-OH is 1. The predicted molar refractivity (Wildman–Crippen MR) is 71.7 cm³/mol. The van der Waals surface area contributed by atoms with Gasteiger partial charge in [-0.3, -0.25) is 0 Å². The fourth-order valence-corrected chi connectivity index (χ4v) is 3.01. The molecule has 0 spiro atoms. The quantitative estimate of drug-likeness (QED) is 0.519. The molecule has 0 fully saturated rings. The second kappa shape index (κ2) is 6.83. The van der Waals surface area contributed by atoms with Gasteiger partial charge in [0.25, 0.3) is 0 Å². The number of anilines is 1. The van der Waals surface area contributed by atoms with E-state index in [4.69, 9.17) is 10.8 Å². The third-order valence-corrected chi connectivity index (χ3v) is 4.32. The van der Waals surface area contributed by atoms with Crippen LogP contribution >= 0.6 is 0 Å². The lowest BCUT2D eigenvalue weighted by Crippen LogP contribution is -2.26. The highest BCUT2D eigenvalue weighted by Crippen LogP contribution is 2.21. The minimum Gasteiger partial charge on any atom is -0.399 e. The zero-order valence-corrected chi connectivity index (χ0v) is 11.6. The van der Waals surface area contributed by atoms with Crippen molar-refractivity contribution >= 4 is 15.7 Å². The van der Waals surface area contributed by atoms with Crippen LogP contribution in [0.25, 0.3) is 0 Å². The van der Waals surface area contributed by atoms with E-state index >= 15 is 0 Å². The van der Waals surface area contributed by atoms with E-state index in [1.165, 1.54) is 13.0 Å². The number of nitrogens with one attached hydrogen (secondary N) is 1. The van der Waals surface area contributed by atoms with Gasteiger partial charge in [0.1, 0.15) is 5.82 Å². The van der Waals surface area contributed by atoms with Crippen molar-refractivity contribution in [2.45, 2.75) is 31.1 Å². The van der Waals surface area contributed by atoms with E-state index in [-0.39, 0.29) is 29.3 Å². The molecular formula is C12H19FN2O3S. The number of benzene rings is 1. The summed E-state index contributed by atoms with van der Waals surface area (Å²) in [5, 5.41) is 8.61. The van der Waals surface area contributed by atoms with Gasteiger partial charge in [-0.05, 0) is 38.3 Å². The van der Waals surface area contributed by atoms with Crippen molar-refractivity contribution in [3.63, 3.8) is 0 Å². The van der Waals surface area contributed by atoms with E-state index < -0.39 is 15.8 Å². The minimum absolute atomic E-state index is 0.0528. The van der Waals surface area contributed by atoms with Crippen molar-refractivity contribution in [1.29, 1.82) is 0 Å². The Hall–Kier alpha value is -1.18. The Morgan fingerprint density at radius 3 is 2.63 bits per heavy atom. The van der Waals surface area contributed by atoms with Crippen LogP contribution in [0.15, 0.2) is 17.0 Å². The van der Waals surface area contributed by atoms with Crippen molar-refractivity contribution in [1.82, 2.24) is 4.72 Å². The normalized spacial score (nSPS) is 11.7. The lowest BCUT2D eigenvalue weighted by atomic mass is 10.2. The molecule has 1 aromatic rings. The van der Waals surface area contributed by atoms with E-state index in [0.29, 0.717) is 12.8 Å². The van der Waals surface area contributed by atoms with Gasteiger partial charge in [-0.1, -0.05) is 0 Å². The number of halogens is 1. The Kier molecular flexibility index (Phi) is 5.71. The van der Waals surface area contributed by atoms with Crippen molar-refractivity contribution < 1.29 is 17.9 Å². The molecule has 0 amide bonds. The molecule has 0 atom stereocenters. The molecular weight excluding hydrogens is 271 g/mol. The third kappa shape index (κ3) is 4.45. The average molecular weight is 290 g/mol. The van der Waals surface area contributed by atoms with Gasteiger partial charge in [-0.2, -0.15) is 0 Å². The van der Waals surface area contributed by atoms with E-state index in [1.807, 2.05) is 0 Å². The molecule has 108 valence electrons. The standard InChI is InChI=1S/C12H19FN2O3S/c1-9-11(13)7-10(14)8-12(9)19(17,18)15-5-3-2-4-6-16/h7-8,15-16H,2-6,14H2,1H3. The lowest BCUT2D eigenvalue weighted by molar-refractivity contribution is 0.283. The Labute approximate surface area is 112 Å². The predicted octanol–water partition coefficient (Wildman–Crippen LogP) is 1.16. The van der Waals surface area contributed by atoms with Gasteiger partial charge in [0, 0.05) is 24.4 Å². The molecule has 0 aliphatic rings. The zero-order valence-electron chi connectivity index (χ0n) is 10.8. The number of hydrogen-bond acceptors (Lipinski definition) is 4. The first-order valence-corrected chi connectivity index (χ1v) is 7.53. The van der Waals surface area contributed by atoms with Crippen molar-refractivity contribution in [2.24, 2.45) is 0 Å². The molecule has 1 rings (SSSR count). The molecule has 1 aromatic carbocycles. The van der Waals surface area contributed by atoms with Gasteiger partial charge in [0.2, 0.25) is 10.0 Å². The summed E-state index contributed by atoms with van der Waals surface area (Å²) in [5.41, 5.74) is 5.59. The minimum atomic E-state index is -3.76. The first kappa shape index (κ1) is 15.9. The van der Waals surface area contributed by atoms with E-state index in [9.17, 15) is 12.8 Å². The van der Waals surface area contributed by atoms with Gasteiger partial charge in [-0.15, -0.1) is 0 Å². The monoisotopic (exact) mass is 290 g/mol. The Bertz CT molecular complexity index is 532. The fourth-order valence-electron chi connectivity index (χ4n) is 1.65. The summed E-state index contributed by atoms with van der Waals surface area (Å²) in [6.07, 6.45) is 1.97. The summed E-state index contributed by atoms with van der Waals surface area (Å²) < 4.78 is 39.9. The number of unbranched alkanes of at least 4 members (excludes halogenated alkanes) is 2. The number of sulfonamides is 1. The third-order valence-electron chi connectivity index (χ3n) is 2.74. The van der Waals surface area contributed by atoms with Crippen LogP contribution in [0, 0.1) is 12.7 Å². The number of aliphatic hydroxyl groups is 1. The van der Waals surface area contributed by atoms with Gasteiger partial charge in [0.05, 0.1) is 4.90 Å². The van der Waals surface area contributed by atoms with Crippen molar-refractivity contribution in [3.05, 3.63) is 23.5 Å². The smallest absolute Gasteiger partial charge is 0.241 e. The molecule has 0 unspecified atom stereocenters. The molecule has 0 aromatic heterocycles. The molecule has 0 aliphatic heterocycles. The summed E-state index contributed by atoms with van der Waals surface area (Å²) in [5.74, 6) is -0.638. The van der Waals surface area contributed by atoms with E-state index in [1.54, 1.807) is 0 Å². The summed E-state index contributed by atoms with van der Waals surface area (Å²) in [4.78, 5) is -0.132. The first-order chi connectivity index (χ1) is 8.88. The van der Waals surface area contributed by atoms with E-state index in [2.05, 4.69) is 4.72 Å². The zero-order chi connectivity index (χ0) is 14.5. The molecule has 19 heavy (non-hydrogen) atoms. The summed E-state index contributed by atoms with van der Waals surface area (Å²) in [7, 11) is -3.76. The fraction of sp³-hybridized carbons (Fsp3) is 0.500. The highest BCUT2D eigenvalue weighted by Gasteiger charge is 2.19. The maximum absolute atomic E-state index is 13.5.